The van der Waals surface area contributed by atoms with Crippen LogP contribution in [0.25, 0.3) is 0 Å². The van der Waals surface area contributed by atoms with Crippen LogP contribution in [0, 0.1) is 6.20 Å². The van der Waals surface area contributed by atoms with Crippen LogP contribution in [0.2, 0.25) is 0 Å². The monoisotopic (exact) mass is 206 g/mol. The Bertz CT molecular complexity index is 116. The Kier molecular flexibility index (Phi) is 4.31. The third-order valence-electron chi connectivity index (χ3n) is 1.05. The molecule has 0 radical (unpaired) electrons. The lowest BCUT2D eigenvalue weighted by molar-refractivity contribution is -0.00000226. The molecule has 58 valence electrons. The second-order valence-electron chi connectivity index (χ2n) is 1.92. The van der Waals surface area contributed by atoms with Gasteiger partial charge < -0.3 is 17.0 Å². The molecule has 0 aromatic heterocycles. The molecule has 10 heavy (non-hydrogen) atoms. The van der Waals surface area contributed by atoms with Gasteiger partial charge in [-0.1, -0.05) is 12.5 Å². The standard InChI is InChI=1S/C5H11N4.BrH/c1-2-3-8-4-5-9(6)7-8;/h4,7H,2-3,6H2,1H3;1H/q+1;/p-1. The predicted octanol–water partition coefficient (Wildman–Crippen LogP) is -3.41. The number of nitrogens with two attached hydrogens (primary N) is 1. The first-order valence-corrected chi connectivity index (χ1v) is 3.00. The first kappa shape index (κ1) is 9.65. The Morgan fingerprint density at radius 2 is 2.40 bits per heavy atom. The molecule has 0 saturated heterocycles. The summed E-state index contributed by atoms with van der Waals surface area (Å²) in [5.74, 6) is 5.29. The summed E-state index contributed by atoms with van der Waals surface area (Å²) in [5, 5.41) is 3.18. The summed E-state index contributed by atoms with van der Waals surface area (Å²) in [7, 11) is 0. The highest BCUT2D eigenvalue weighted by Crippen LogP contribution is 1.94. The summed E-state index contributed by atoms with van der Waals surface area (Å²) in [6.07, 6.45) is 5.63. The van der Waals surface area contributed by atoms with Crippen LogP contribution in [0.1, 0.15) is 13.3 Å². The van der Waals surface area contributed by atoms with E-state index in [0.717, 1.165) is 13.0 Å². The second kappa shape index (κ2) is 4.46. The first-order chi connectivity index (χ1) is 4.33. The van der Waals surface area contributed by atoms with Crippen LogP contribution in [-0.4, -0.2) is 16.7 Å². The zero-order valence-electron chi connectivity index (χ0n) is 5.84. The van der Waals surface area contributed by atoms with Gasteiger partial charge in [0.25, 0.3) is 6.20 Å². The van der Waals surface area contributed by atoms with Gasteiger partial charge in [0.15, 0.2) is 0 Å². The van der Waals surface area contributed by atoms with E-state index in [2.05, 4.69) is 18.7 Å². The molecule has 0 saturated carbocycles. The highest BCUT2D eigenvalue weighted by molar-refractivity contribution is 4.75. The Morgan fingerprint density at radius 3 is 2.80 bits per heavy atom. The smallest absolute Gasteiger partial charge is 0.426 e. The van der Waals surface area contributed by atoms with Gasteiger partial charge in [-0.2, -0.15) is 5.84 Å². The van der Waals surface area contributed by atoms with Gasteiger partial charge >= 0.3 is 6.20 Å². The van der Waals surface area contributed by atoms with Gasteiger partial charge in [-0.25, -0.2) is 5.01 Å². The fourth-order valence-electron chi connectivity index (χ4n) is 0.683. The Morgan fingerprint density at radius 1 is 1.70 bits per heavy atom. The van der Waals surface area contributed by atoms with Gasteiger partial charge in [-0.05, 0) is 11.5 Å². The molecule has 1 aliphatic heterocycles. The molecule has 5 heteroatoms. The molecule has 3 N–H and O–H groups in total. The van der Waals surface area contributed by atoms with Crippen molar-refractivity contribution >= 4 is 0 Å². The maximum atomic E-state index is 5.29. The first-order valence-electron chi connectivity index (χ1n) is 3.00. The zero-order chi connectivity index (χ0) is 6.69. The molecule has 0 aromatic rings. The van der Waals surface area contributed by atoms with Gasteiger partial charge in [-0.3, -0.25) is 0 Å². The van der Waals surface area contributed by atoms with Crippen molar-refractivity contribution in [1.82, 2.24) is 15.7 Å². The van der Waals surface area contributed by atoms with E-state index in [1.807, 2.05) is 5.01 Å². The summed E-state index contributed by atoms with van der Waals surface area (Å²) < 4.78 is 0. The number of rotatable bonds is 2. The van der Waals surface area contributed by atoms with E-state index in [0.29, 0.717) is 0 Å². The van der Waals surface area contributed by atoms with Gasteiger partial charge in [-0.15, -0.1) is 0 Å². The molecule has 0 bridgehead atoms. The van der Waals surface area contributed by atoms with Crippen LogP contribution >= 0.6 is 0 Å². The lowest BCUT2D eigenvalue weighted by Crippen LogP contribution is -3.00. The summed E-state index contributed by atoms with van der Waals surface area (Å²) in [6.45, 7) is 3.06. The molecule has 1 heterocycles. The lowest BCUT2D eigenvalue weighted by Gasteiger charge is -2.09. The van der Waals surface area contributed by atoms with E-state index in [1.165, 1.54) is 5.12 Å². The highest BCUT2D eigenvalue weighted by Gasteiger charge is 2.19. The van der Waals surface area contributed by atoms with E-state index in [1.54, 1.807) is 6.20 Å². The number of nitrogens with zero attached hydrogens (tertiary/aromatic N) is 2. The molecule has 1 aliphatic rings. The maximum absolute atomic E-state index is 5.29. The van der Waals surface area contributed by atoms with Crippen LogP contribution < -0.4 is 28.4 Å². The molecule has 4 nitrogen and oxygen atoms in total. The fraction of sp³-hybridized carbons (Fsp3) is 0.600. The molecule has 0 aliphatic carbocycles. The number of nitrogens with one attached hydrogen (secondary N) is 1. The zero-order valence-corrected chi connectivity index (χ0v) is 7.43. The van der Waals surface area contributed by atoms with E-state index >= 15 is 0 Å². The SMILES string of the molecule is CCCN1C=[C+]N(N)N1.[Br-]. The Balaban J connectivity index is 0.000000810. The maximum Gasteiger partial charge on any atom is 0.426 e. The van der Waals surface area contributed by atoms with Gasteiger partial charge in [0.1, 0.15) is 0 Å². The third-order valence-corrected chi connectivity index (χ3v) is 1.05. The van der Waals surface area contributed by atoms with E-state index in [-0.39, 0.29) is 17.0 Å². The van der Waals surface area contributed by atoms with Crippen molar-refractivity contribution in [3.63, 3.8) is 0 Å². The van der Waals surface area contributed by atoms with E-state index in [9.17, 15) is 0 Å². The Labute approximate surface area is 71.3 Å². The van der Waals surface area contributed by atoms with Crippen molar-refractivity contribution in [1.29, 1.82) is 0 Å². The summed E-state index contributed by atoms with van der Waals surface area (Å²) >= 11 is 0. The second-order valence-corrected chi connectivity index (χ2v) is 1.92. The summed E-state index contributed by atoms with van der Waals surface area (Å²) in [6, 6.07) is 0. The topological polar surface area (TPSA) is 44.5 Å². The molecule has 0 amide bonds. The number of hydrogen-bond acceptors (Lipinski definition) is 4. The number of hydrogen-bond donors (Lipinski definition) is 2. The van der Waals surface area contributed by atoms with E-state index < -0.39 is 0 Å². The summed E-state index contributed by atoms with van der Waals surface area (Å²) in [5.41, 5.74) is 2.83. The molecular formula is C5H11BrN4. The van der Waals surface area contributed by atoms with Crippen LogP contribution in [0.4, 0.5) is 0 Å². The van der Waals surface area contributed by atoms with Crippen LogP contribution in [0.5, 0.6) is 0 Å². The molecule has 0 atom stereocenters. The predicted molar refractivity (Wildman–Crippen MR) is 34.0 cm³/mol. The third kappa shape index (κ3) is 2.49. The molecule has 0 aromatic carbocycles. The van der Waals surface area contributed by atoms with E-state index in [4.69, 9.17) is 5.84 Å². The van der Waals surface area contributed by atoms with Crippen molar-refractivity contribution in [3.05, 3.63) is 12.4 Å². The van der Waals surface area contributed by atoms with Crippen molar-refractivity contribution in [2.75, 3.05) is 6.54 Å². The average Bonchev–Trinajstić information content (AvgIpc) is 2.17. The number of halogens is 1. The minimum absolute atomic E-state index is 0. The van der Waals surface area contributed by atoms with Crippen molar-refractivity contribution in [3.8, 4) is 0 Å². The Hall–Kier alpha value is -0.350. The van der Waals surface area contributed by atoms with Gasteiger partial charge in [0.2, 0.25) is 0 Å². The van der Waals surface area contributed by atoms with Crippen LogP contribution in [-0.2, 0) is 0 Å². The van der Waals surface area contributed by atoms with Gasteiger partial charge in [0, 0.05) is 6.54 Å². The lowest BCUT2D eigenvalue weighted by atomic mass is 10.5. The quantitative estimate of drug-likeness (QED) is 0.366. The van der Waals surface area contributed by atoms with Gasteiger partial charge in [0.05, 0.1) is 0 Å². The molecule has 0 spiro atoms. The molecule has 1 rings (SSSR count). The summed E-state index contributed by atoms with van der Waals surface area (Å²) in [4.78, 5) is 0. The number of hydrazine groups is 3. The fourth-order valence-corrected chi connectivity index (χ4v) is 0.683. The largest absolute Gasteiger partial charge is 1.00 e. The van der Waals surface area contributed by atoms with Crippen LogP contribution in [0.15, 0.2) is 6.20 Å². The minimum atomic E-state index is 0. The van der Waals surface area contributed by atoms with Crippen molar-refractivity contribution < 1.29 is 17.0 Å². The minimum Gasteiger partial charge on any atom is -1.00 e. The average molecular weight is 207 g/mol. The molecule has 0 fully saturated rings. The van der Waals surface area contributed by atoms with Crippen LogP contribution in [0.3, 0.4) is 0 Å². The van der Waals surface area contributed by atoms with Crippen molar-refractivity contribution in [2.45, 2.75) is 13.3 Å². The van der Waals surface area contributed by atoms with Crippen molar-refractivity contribution in [2.24, 2.45) is 5.84 Å². The molecule has 0 unspecified atom stereocenters. The normalized spacial score (nSPS) is 15.0. The highest BCUT2D eigenvalue weighted by atomic mass is 79.9. The molecular weight excluding hydrogens is 196 g/mol.